The number of hydrogen-bond donors (Lipinski definition) is 1. The number of rotatable bonds is 5. The fraction of sp³-hybridized carbons (Fsp3) is 0.182. The van der Waals surface area contributed by atoms with Crippen molar-refractivity contribution in [2.45, 2.75) is 26.4 Å². The third kappa shape index (κ3) is 3.67. The van der Waals surface area contributed by atoms with Gasteiger partial charge in [0.2, 0.25) is 0 Å². The van der Waals surface area contributed by atoms with Crippen LogP contribution in [0.4, 0.5) is 5.82 Å². The zero-order valence-corrected chi connectivity index (χ0v) is 16.2. The van der Waals surface area contributed by atoms with E-state index < -0.39 is 0 Å². The van der Waals surface area contributed by atoms with E-state index >= 15 is 0 Å². The Kier molecular flexibility index (Phi) is 4.95. The molecule has 0 unspecified atom stereocenters. The Morgan fingerprint density at radius 3 is 2.41 bits per heavy atom. The molecule has 4 rings (SSSR count). The highest BCUT2D eigenvalue weighted by molar-refractivity contribution is 6.10. The van der Waals surface area contributed by atoms with Gasteiger partial charge in [0.15, 0.2) is 5.69 Å². The summed E-state index contributed by atoms with van der Waals surface area (Å²) in [5.74, 6) is 0.196. The van der Waals surface area contributed by atoms with Gasteiger partial charge in [-0.3, -0.25) is 9.59 Å². The monoisotopic (exact) mass is 387 g/mol. The van der Waals surface area contributed by atoms with E-state index in [4.69, 9.17) is 0 Å². The molecule has 146 valence electrons. The van der Waals surface area contributed by atoms with Gasteiger partial charge in [-0.05, 0) is 25.5 Å². The van der Waals surface area contributed by atoms with Crippen LogP contribution in [0.1, 0.15) is 35.9 Å². The summed E-state index contributed by atoms with van der Waals surface area (Å²) in [7, 11) is 0. The average Bonchev–Trinajstić information content (AvgIpc) is 3.19. The first-order chi connectivity index (χ1) is 14.0. The van der Waals surface area contributed by atoms with Crippen molar-refractivity contribution in [3.05, 3.63) is 88.5 Å². The lowest BCUT2D eigenvalue weighted by molar-refractivity contribution is 0.102. The number of nitrogens with one attached hydrogen (secondary N) is 1. The molecule has 0 fully saturated rings. The zero-order valence-electron chi connectivity index (χ0n) is 16.2. The predicted octanol–water partition coefficient (Wildman–Crippen LogP) is 3.47. The molecular formula is C22H21N5O2. The molecular weight excluding hydrogens is 366 g/mol. The summed E-state index contributed by atoms with van der Waals surface area (Å²) in [6, 6.07) is 18.4. The van der Waals surface area contributed by atoms with Crippen molar-refractivity contribution in [3.63, 3.8) is 0 Å². The van der Waals surface area contributed by atoms with Crippen LogP contribution in [-0.2, 0) is 6.54 Å². The van der Waals surface area contributed by atoms with Gasteiger partial charge in [0.25, 0.3) is 11.5 Å². The highest BCUT2D eigenvalue weighted by Gasteiger charge is 2.18. The number of benzene rings is 2. The molecule has 29 heavy (non-hydrogen) atoms. The second-order valence-corrected chi connectivity index (χ2v) is 7.05. The molecule has 0 saturated heterocycles. The maximum Gasteiger partial charge on any atom is 0.277 e. The first kappa shape index (κ1) is 18.6. The molecule has 2 aromatic carbocycles. The Morgan fingerprint density at radius 2 is 1.69 bits per heavy atom. The molecule has 1 N–H and O–H groups in total. The van der Waals surface area contributed by atoms with Gasteiger partial charge in [0.1, 0.15) is 5.82 Å². The SMILES string of the molecule is CC(C)n1nccc1NC(=O)c1nn(Cc2ccccc2)c(=O)c2ccccc12. The Morgan fingerprint density at radius 1 is 1.00 bits per heavy atom. The van der Waals surface area contributed by atoms with Crippen LogP contribution < -0.4 is 10.9 Å². The van der Waals surface area contributed by atoms with Crippen molar-refractivity contribution in [1.82, 2.24) is 19.6 Å². The summed E-state index contributed by atoms with van der Waals surface area (Å²) in [6.07, 6.45) is 1.64. The van der Waals surface area contributed by atoms with Gasteiger partial charge in [0.05, 0.1) is 18.1 Å². The second kappa shape index (κ2) is 7.71. The largest absolute Gasteiger partial charge is 0.305 e. The van der Waals surface area contributed by atoms with E-state index in [0.29, 0.717) is 16.6 Å². The van der Waals surface area contributed by atoms with E-state index in [1.54, 1.807) is 41.2 Å². The van der Waals surface area contributed by atoms with Crippen LogP contribution in [0.5, 0.6) is 0 Å². The van der Waals surface area contributed by atoms with Gasteiger partial charge >= 0.3 is 0 Å². The summed E-state index contributed by atoms with van der Waals surface area (Å²) >= 11 is 0. The fourth-order valence-corrected chi connectivity index (χ4v) is 3.27. The van der Waals surface area contributed by atoms with Gasteiger partial charge in [-0.2, -0.15) is 10.2 Å². The molecule has 0 atom stereocenters. The average molecular weight is 387 g/mol. The van der Waals surface area contributed by atoms with Crippen LogP contribution in [-0.4, -0.2) is 25.5 Å². The molecule has 4 aromatic rings. The number of anilines is 1. The molecule has 0 radical (unpaired) electrons. The Hall–Kier alpha value is -3.74. The molecule has 0 saturated carbocycles. The Balaban J connectivity index is 1.78. The summed E-state index contributed by atoms with van der Waals surface area (Å²) in [5.41, 5.74) is 0.905. The van der Waals surface area contributed by atoms with Crippen LogP contribution in [0.15, 0.2) is 71.7 Å². The number of nitrogens with zero attached hydrogens (tertiary/aromatic N) is 4. The maximum absolute atomic E-state index is 13.1. The molecule has 2 heterocycles. The molecule has 7 nitrogen and oxygen atoms in total. The van der Waals surface area contributed by atoms with Crippen molar-refractivity contribution >= 4 is 22.5 Å². The number of carbonyl (C=O) groups is 1. The predicted molar refractivity (Wildman–Crippen MR) is 112 cm³/mol. The van der Waals surface area contributed by atoms with Gasteiger partial charge in [-0.15, -0.1) is 0 Å². The topological polar surface area (TPSA) is 81.8 Å². The number of amides is 1. The van der Waals surface area contributed by atoms with Gasteiger partial charge in [-0.1, -0.05) is 48.5 Å². The normalized spacial score (nSPS) is 11.1. The summed E-state index contributed by atoms with van der Waals surface area (Å²) in [6.45, 7) is 4.25. The van der Waals surface area contributed by atoms with Gasteiger partial charge < -0.3 is 5.32 Å². The lowest BCUT2D eigenvalue weighted by Gasteiger charge is -2.13. The minimum absolute atomic E-state index is 0.0945. The molecule has 1 amide bonds. The first-order valence-electron chi connectivity index (χ1n) is 9.43. The molecule has 0 aliphatic heterocycles. The van der Waals surface area contributed by atoms with E-state index in [1.165, 1.54) is 4.68 Å². The molecule has 0 spiro atoms. The van der Waals surface area contributed by atoms with Crippen molar-refractivity contribution in [3.8, 4) is 0 Å². The standard InChI is InChI=1S/C22H21N5O2/c1-15(2)27-19(12-13-23-27)24-21(28)20-17-10-6-7-11-18(17)22(29)26(25-20)14-16-8-4-3-5-9-16/h3-13,15H,14H2,1-2H3,(H,24,28). The number of carbonyl (C=O) groups excluding carboxylic acids is 1. The van der Waals surface area contributed by atoms with Crippen molar-refractivity contribution in [2.24, 2.45) is 0 Å². The Labute approximate surface area is 167 Å². The van der Waals surface area contributed by atoms with Gasteiger partial charge in [-0.25, -0.2) is 9.36 Å². The van der Waals surface area contributed by atoms with Crippen molar-refractivity contribution in [1.29, 1.82) is 0 Å². The molecule has 7 heteroatoms. The second-order valence-electron chi connectivity index (χ2n) is 7.05. The van der Waals surface area contributed by atoms with Crippen LogP contribution in [0.3, 0.4) is 0 Å². The Bertz CT molecular complexity index is 1220. The van der Waals surface area contributed by atoms with Gasteiger partial charge in [0, 0.05) is 17.5 Å². The third-order valence-corrected chi connectivity index (χ3v) is 4.66. The number of aromatic nitrogens is 4. The lowest BCUT2D eigenvalue weighted by atomic mass is 10.1. The highest BCUT2D eigenvalue weighted by Crippen LogP contribution is 2.18. The third-order valence-electron chi connectivity index (χ3n) is 4.66. The minimum atomic E-state index is -0.384. The quantitative estimate of drug-likeness (QED) is 0.568. The fourth-order valence-electron chi connectivity index (χ4n) is 3.27. The van der Waals surface area contributed by atoms with Crippen LogP contribution in [0.2, 0.25) is 0 Å². The number of hydrogen-bond acceptors (Lipinski definition) is 4. The smallest absolute Gasteiger partial charge is 0.277 e. The maximum atomic E-state index is 13.1. The van der Waals surface area contributed by atoms with Crippen LogP contribution in [0, 0.1) is 0 Å². The first-order valence-corrected chi connectivity index (χ1v) is 9.43. The van der Waals surface area contributed by atoms with Crippen LogP contribution in [0.25, 0.3) is 10.8 Å². The molecule has 0 bridgehead atoms. The zero-order chi connectivity index (χ0) is 20.4. The van der Waals surface area contributed by atoms with E-state index in [9.17, 15) is 9.59 Å². The number of fused-ring (bicyclic) bond motifs is 1. The lowest BCUT2D eigenvalue weighted by Crippen LogP contribution is -2.28. The van der Waals surface area contributed by atoms with E-state index in [2.05, 4.69) is 15.5 Å². The summed E-state index contributed by atoms with van der Waals surface area (Å²) in [5, 5.41) is 12.5. The van der Waals surface area contributed by atoms with Crippen molar-refractivity contribution < 1.29 is 4.79 Å². The van der Waals surface area contributed by atoms with E-state index in [0.717, 1.165) is 5.56 Å². The summed E-state index contributed by atoms with van der Waals surface area (Å²) < 4.78 is 3.06. The molecule has 2 aromatic heterocycles. The molecule has 0 aliphatic rings. The van der Waals surface area contributed by atoms with E-state index in [-0.39, 0.29) is 29.7 Å². The van der Waals surface area contributed by atoms with Crippen LogP contribution >= 0.6 is 0 Å². The van der Waals surface area contributed by atoms with E-state index in [1.807, 2.05) is 44.2 Å². The summed E-state index contributed by atoms with van der Waals surface area (Å²) in [4.78, 5) is 26.0. The van der Waals surface area contributed by atoms with Crippen molar-refractivity contribution in [2.75, 3.05) is 5.32 Å². The molecule has 0 aliphatic carbocycles. The minimum Gasteiger partial charge on any atom is -0.305 e. The highest BCUT2D eigenvalue weighted by atomic mass is 16.2.